The zero-order valence-electron chi connectivity index (χ0n) is 7.09. The molecule has 0 aliphatic carbocycles. The van der Waals surface area contributed by atoms with E-state index in [0.717, 1.165) is 11.4 Å². The number of amides is 1. The average molecular weight is 165 g/mol. The minimum absolute atomic E-state index is 0.288. The number of hydrogen-bond acceptors (Lipinski definition) is 3. The number of nitrogens with zero attached hydrogens (tertiary/aromatic N) is 1. The molecule has 0 saturated heterocycles. The number of nitrogens with one attached hydrogen (secondary N) is 1. The Morgan fingerprint density at radius 3 is 2.33 bits per heavy atom. The lowest BCUT2D eigenvalue weighted by Gasteiger charge is -2.01. The molecule has 0 atom stereocenters. The first kappa shape index (κ1) is 8.67. The highest BCUT2D eigenvalue weighted by Crippen LogP contribution is 2.03. The maximum Gasteiger partial charge on any atom is 0.265 e. The number of carbonyl (C=O) groups is 1. The van der Waals surface area contributed by atoms with Crippen LogP contribution in [-0.2, 0) is 0 Å². The Hall–Kier alpha value is -1.42. The molecule has 0 saturated carbocycles. The number of aromatic nitrogens is 1. The van der Waals surface area contributed by atoms with Gasteiger partial charge in [0.15, 0.2) is 0 Å². The van der Waals surface area contributed by atoms with Gasteiger partial charge in [0.2, 0.25) is 0 Å². The van der Waals surface area contributed by atoms with Gasteiger partial charge in [-0.15, -0.1) is 0 Å². The van der Waals surface area contributed by atoms with Crippen molar-refractivity contribution < 1.29 is 4.79 Å². The summed E-state index contributed by atoms with van der Waals surface area (Å²) in [5.74, 6) is 4.70. The molecule has 4 nitrogen and oxygen atoms in total. The lowest BCUT2D eigenvalue weighted by atomic mass is 10.2. The zero-order chi connectivity index (χ0) is 9.14. The van der Waals surface area contributed by atoms with Crippen LogP contribution in [0.25, 0.3) is 0 Å². The van der Waals surface area contributed by atoms with Gasteiger partial charge in [0.05, 0.1) is 0 Å². The Morgan fingerprint density at radius 1 is 1.42 bits per heavy atom. The standard InChI is InChI=1S/C8H11N3O/c1-5-3-7(8(12)11-9)4-6(2)10-5/h3-4H,9H2,1-2H3,(H,11,12). The number of nitrogens with two attached hydrogens (primary N) is 1. The lowest BCUT2D eigenvalue weighted by Crippen LogP contribution is -2.30. The number of carbonyl (C=O) groups excluding carboxylic acids is 1. The van der Waals surface area contributed by atoms with Gasteiger partial charge in [0.25, 0.3) is 5.91 Å². The van der Waals surface area contributed by atoms with Gasteiger partial charge < -0.3 is 0 Å². The molecule has 1 rings (SSSR count). The van der Waals surface area contributed by atoms with Crippen molar-refractivity contribution in [2.75, 3.05) is 0 Å². The van der Waals surface area contributed by atoms with E-state index < -0.39 is 0 Å². The van der Waals surface area contributed by atoms with Crippen LogP contribution in [0.5, 0.6) is 0 Å². The Labute approximate surface area is 70.8 Å². The van der Waals surface area contributed by atoms with Crippen LogP contribution in [0.2, 0.25) is 0 Å². The average Bonchev–Trinajstić information content (AvgIpc) is 2.01. The van der Waals surface area contributed by atoms with Crippen LogP contribution in [-0.4, -0.2) is 10.9 Å². The summed E-state index contributed by atoms with van der Waals surface area (Å²) in [7, 11) is 0. The summed E-state index contributed by atoms with van der Waals surface area (Å²) in [5.41, 5.74) is 4.24. The van der Waals surface area contributed by atoms with E-state index in [1.165, 1.54) is 0 Å². The van der Waals surface area contributed by atoms with Crippen molar-refractivity contribution in [2.45, 2.75) is 13.8 Å². The first-order chi connectivity index (χ1) is 5.63. The second-order valence-electron chi connectivity index (χ2n) is 2.61. The minimum Gasteiger partial charge on any atom is -0.290 e. The van der Waals surface area contributed by atoms with Crippen LogP contribution in [0.3, 0.4) is 0 Å². The number of hydrazine groups is 1. The summed E-state index contributed by atoms with van der Waals surface area (Å²) >= 11 is 0. The fraction of sp³-hybridized carbons (Fsp3) is 0.250. The minimum atomic E-state index is -0.288. The molecular weight excluding hydrogens is 154 g/mol. The number of pyridine rings is 1. The number of aryl methyl sites for hydroxylation is 2. The molecule has 1 aromatic rings. The van der Waals surface area contributed by atoms with Crippen molar-refractivity contribution in [3.63, 3.8) is 0 Å². The predicted octanol–water partition coefficient (Wildman–Crippen LogP) is 0.302. The number of rotatable bonds is 1. The van der Waals surface area contributed by atoms with Gasteiger partial charge in [-0.1, -0.05) is 0 Å². The van der Waals surface area contributed by atoms with Gasteiger partial charge in [-0.2, -0.15) is 0 Å². The predicted molar refractivity (Wildman–Crippen MR) is 45.4 cm³/mol. The van der Waals surface area contributed by atoms with E-state index in [2.05, 4.69) is 10.4 Å². The van der Waals surface area contributed by atoms with Crippen LogP contribution in [0.1, 0.15) is 21.7 Å². The van der Waals surface area contributed by atoms with E-state index in [9.17, 15) is 4.79 Å². The summed E-state index contributed by atoms with van der Waals surface area (Å²) in [6.07, 6.45) is 0. The number of nitrogen functional groups attached to an aromatic ring is 1. The van der Waals surface area contributed by atoms with Crippen LogP contribution in [0.15, 0.2) is 12.1 Å². The summed E-state index contributed by atoms with van der Waals surface area (Å²) in [4.78, 5) is 15.2. The molecule has 4 heteroatoms. The van der Waals surface area contributed by atoms with Crippen molar-refractivity contribution in [1.82, 2.24) is 10.4 Å². The molecule has 3 N–H and O–H groups in total. The zero-order valence-corrected chi connectivity index (χ0v) is 7.09. The molecule has 0 aromatic carbocycles. The van der Waals surface area contributed by atoms with Gasteiger partial charge in [-0.3, -0.25) is 15.2 Å². The lowest BCUT2D eigenvalue weighted by molar-refractivity contribution is 0.0953. The van der Waals surface area contributed by atoms with Crippen molar-refractivity contribution in [2.24, 2.45) is 5.84 Å². The fourth-order valence-corrected chi connectivity index (χ4v) is 1.05. The molecule has 0 fully saturated rings. The molecular formula is C8H11N3O. The molecule has 1 heterocycles. The van der Waals surface area contributed by atoms with Gasteiger partial charge >= 0.3 is 0 Å². The number of hydrogen-bond donors (Lipinski definition) is 2. The Kier molecular flexibility index (Phi) is 2.40. The van der Waals surface area contributed by atoms with E-state index >= 15 is 0 Å². The molecule has 0 aliphatic rings. The van der Waals surface area contributed by atoms with E-state index in [0.29, 0.717) is 5.56 Å². The molecule has 0 spiro atoms. The smallest absolute Gasteiger partial charge is 0.265 e. The van der Waals surface area contributed by atoms with Crippen LogP contribution in [0.4, 0.5) is 0 Å². The van der Waals surface area contributed by atoms with Crippen molar-refractivity contribution in [3.8, 4) is 0 Å². The third kappa shape index (κ3) is 1.79. The highest BCUT2D eigenvalue weighted by Gasteiger charge is 2.04. The monoisotopic (exact) mass is 165 g/mol. The molecule has 0 bridgehead atoms. The van der Waals surface area contributed by atoms with E-state index in [-0.39, 0.29) is 5.91 Å². The van der Waals surface area contributed by atoms with Gasteiger partial charge in [0.1, 0.15) is 0 Å². The molecule has 12 heavy (non-hydrogen) atoms. The Balaban J connectivity index is 3.08. The second-order valence-corrected chi connectivity index (χ2v) is 2.61. The first-order valence-electron chi connectivity index (χ1n) is 3.59. The van der Waals surface area contributed by atoms with Crippen LogP contribution >= 0.6 is 0 Å². The highest BCUT2D eigenvalue weighted by atomic mass is 16.2. The van der Waals surface area contributed by atoms with Crippen molar-refractivity contribution in [3.05, 3.63) is 29.1 Å². The summed E-state index contributed by atoms with van der Waals surface area (Å²) in [5, 5.41) is 0. The molecule has 1 amide bonds. The summed E-state index contributed by atoms with van der Waals surface area (Å²) in [6.45, 7) is 3.67. The van der Waals surface area contributed by atoms with Crippen molar-refractivity contribution in [1.29, 1.82) is 0 Å². The van der Waals surface area contributed by atoms with Gasteiger partial charge in [-0.25, -0.2) is 5.84 Å². The van der Waals surface area contributed by atoms with Gasteiger partial charge in [0, 0.05) is 17.0 Å². The van der Waals surface area contributed by atoms with Crippen LogP contribution < -0.4 is 11.3 Å². The normalized spacial score (nSPS) is 9.58. The molecule has 1 aromatic heterocycles. The Morgan fingerprint density at radius 2 is 1.92 bits per heavy atom. The van der Waals surface area contributed by atoms with Crippen molar-refractivity contribution >= 4 is 5.91 Å². The van der Waals surface area contributed by atoms with E-state index in [4.69, 9.17) is 5.84 Å². The van der Waals surface area contributed by atoms with E-state index in [1.807, 2.05) is 13.8 Å². The van der Waals surface area contributed by atoms with Gasteiger partial charge in [-0.05, 0) is 26.0 Å². The second kappa shape index (κ2) is 3.32. The Bertz CT molecular complexity index is 289. The van der Waals surface area contributed by atoms with Crippen LogP contribution in [0, 0.1) is 13.8 Å². The summed E-state index contributed by atoms with van der Waals surface area (Å²) in [6, 6.07) is 3.38. The largest absolute Gasteiger partial charge is 0.290 e. The third-order valence-corrected chi connectivity index (χ3v) is 1.47. The third-order valence-electron chi connectivity index (χ3n) is 1.47. The SMILES string of the molecule is Cc1cc(C(=O)NN)cc(C)n1. The quantitative estimate of drug-likeness (QED) is 0.357. The first-order valence-corrected chi connectivity index (χ1v) is 3.59. The molecule has 0 aliphatic heterocycles. The van der Waals surface area contributed by atoms with E-state index in [1.54, 1.807) is 12.1 Å². The topological polar surface area (TPSA) is 68.0 Å². The maximum absolute atomic E-state index is 11.1. The molecule has 0 unspecified atom stereocenters. The molecule has 64 valence electrons. The highest BCUT2D eigenvalue weighted by molar-refractivity contribution is 5.93. The summed E-state index contributed by atoms with van der Waals surface area (Å²) < 4.78 is 0. The fourth-order valence-electron chi connectivity index (χ4n) is 1.05. The maximum atomic E-state index is 11.1. The molecule has 0 radical (unpaired) electrons.